The lowest BCUT2D eigenvalue weighted by Crippen LogP contribution is -2.17. The van der Waals surface area contributed by atoms with Crippen molar-refractivity contribution < 1.29 is 9.50 Å². The molecular formula is C18H19FN4O2. The number of hydrogen-bond acceptors (Lipinski definition) is 4. The molecule has 0 aliphatic heterocycles. The fraction of sp³-hybridized carbons (Fsp3) is 0.278. The normalized spacial score (nSPS) is 12.3. The summed E-state index contributed by atoms with van der Waals surface area (Å²) in [6.45, 7) is 3.34. The summed E-state index contributed by atoms with van der Waals surface area (Å²) in [6, 6.07) is 5.71. The summed E-state index contributed by atoms with van der Waals surface area (Å²) in [4.78, 5) is 18.4. The molecular weight excluding hydrogens is 323 g/mol. The van der Waals surface area contributed by atoms with Gasteiger partial charge in [0.15, 0.2) is 0 Å². The van der Waals surface area contributed by atoms with Crippen molar-refractivity contribution in [3.8, 4) is 11.3 Å². The number of nitrogens with one attached hydrogen (secondary N) is 1. The first-order chi connectivity index (χ1) is 12.0. The first kappa shape index (κ1) is 17.0. The van der Waals surface area contributed by atoms with Crippen LogP contribution in [0.3, 0.4) is 0 Å². The molecule has 0 aliphatic rings. The number of aliphatic hydroxyl groups is 1. The van der Waals surface area contributed by atoms with E-state index in [4.69, 9.17) is 0 Å². The van der Waals surface area contributed by atoms with Crippen LogP contribution in [0, 0.1) is 12.7 Å². The van der Waals surface area contributed by atoms with Crippen LogP contribution in [0.4, 0.5) is 4.39 Å². The van der Waals surface area contributed by atoms with Crippen LogP contribution in [0.2, 0.25) is 0 Å². The van der Waals surface area contributed by atoms with Crippen LogP contribution >= 0.6 is 0 Å². The fourth-order valence-electron chi connectivity index (χ4n) is 2.75. The summed E-state index contributed by atoms with van der Waals surface area (Å²) in [5.41, 5.74) is 2.10. The number of H-pyrrole nitrogens is 1. The van der Waals surface area contributed by atoms with Crippen LogP contribution in [0.5, 0.6) is 0 Å². The topological polar surface area (TPSA) is 83.8 Å². The van der Waals surface area contributed by atoms with Crippen molar-refractivity contribution >= 4 is 0 Å². The zero-order valence-electron chi connectivity index (χ0n) is 14.0. The lowest BCUT2D eigenvalue weighted by molar-refractivity contribution is 0.238. The number of aromatic amines is 1. The number of hydrogen-bond donors (Lipinski definition) is 2. The maximum atomic E-state index is 14.4. The Hall–Kier alpha value is -2.80. The van der Waals surface area contributed by atoms with Crippen molar-refractivity contribution in [3.05, 3.63) is 69.8 Å². The Morgan fingerprint density at radius 1 is 1.36 bits per heavy atom. The second-order valence-electron chi connectivity index (χ2n) is 5.83. The first-order valence-electron chi connectivity index (χ1n) is 8.03. The maximum absolute atomic E-state index is 14.4. The summed E-state index contributed by atoms with van der Waals surface area (Å²) in [5.74, 6) is 0.121. The average molecular weight is 342 g/mol. The van der Waals surface area contributed by atoms with Crippen molar-refractivity contribution in [3.63, 3.8) is 0 Å². The fourth-order valence-corrected chi connectivity index (χ4v) is 2.75. The van der Waals surface area contributed by atoms with Crippen LogP contribution in [0.15, 0.2) is 41.5 Å². The molecule has 130 valence electrons. The molecule has 25 heavy (non-hydrogen) atoms. The Bertz CT molecular complexity index is 948. The predicted octanol–water partition coefficient (Wildman–Crippen LogP) is 2.23. The predicted molar refractivity (Wildman–Crippen MR) is 91.8 cm³/mol. The van der Waals surface area contributed by atoms with Crippen LogP contribution < -0.4 is 5.56 Å². The van der Waals surface area contributed by atoms with Gasteiger partial charge in [-0.3, -0.25) is 9.48 Å². The molecule has 1 atom stereocenters. The number of rotatable bonds is 5. The number of halogens is 1. The molecule has 6 nitrogen and oxygen atoms in total. The molecule has 0 saturated heterocycles. The third-order valence-corrected chi connectivity index (χ3v) is 4.08. The minimum absolute atomic E-state index is 0.254. The van der Waals surface area contributed by atoms with Gasteiger partial charge in [0, 0.05) is 23.4 Å². The Kier molecular flexibility index (Phi) is 4.76. The molecule has 2 N–H and O–H groups in total. The third kappa shape index (κ3) is 3.51. The third-order valence-electron chi connectivity index (χ3n) is 4.08. The van der Waals surface area contributed by atoms with Gasteiger partial charge >= 0.3 is 0 Å². The van der Waals surface area contributed by atoms with Gasteiger partial charge in [-0.2, -0.15) is 5.10 Å². The van der Waals surface area contributed by atoms with E-state index < -0.39 is 6.04 Å². The van der Waals surface area contributed by atoms with Crippen molar-refractivity contribution in [1.29, 1.82) is 0 Å². The molecule has 3 rings (SSSR count). The molecule has 0 radical (unpaired) electrons. The summed E-state index contributed by atoms with van der Waals surface area (Å²) in [7, 11) is 0. The average Bonchev–Trinajstić information content (AvgIpc) is 3.06. The Morgan fingerprint density at radius 2 is 2.16 bits per heavy atom. The Morgan fingerprint density at radius 3 is 2.80 bits per heavy atom. The first-order valence-corrected chi connectivity index (χ1v) is 8.03. The molecule has 1 unspecified atom stereocenters. The van der Waals surface area contributed by atoms with Crippen molar-refractivity contribution in [2.75, 3.05) is 6.61 Å². The summed E-state index contributed by atoms with van der Waals surface area (Å²) >= 11 is 0. The maximum Gasteiger partial charge on any atom is 0.251 e. The highest BCUT2D eigenvalue weighted by Crippen LogP contribution is 2.24. The van der Waals surface area contributed by atoms with E-state index in [1.165, 1.54) is 16.8 Å². The molecule has 3 aromatic rings. The second-order valence-corrected chi connectivity index (χ2v) is 5.83. The van der Waals surface area contributed by atoms with Crippen LogP contribution in [0.1, 0.15) is 29.9 Å². The highest BCUT2D eigenvalue weighted by atomic mass is 19.1. The van der Waals surface area contributed by atoms with Crippen LogP contribution in [-0.4, -0.2) is 31.5 Å². The molecule has 7 heteroatoms. The largest absolute Gasteiger partial charge is 0.394 e. The monoisotopic (exact) mass is 342 g/mol. The number of nitrogens with zero attached hydrogens (tertiary/aromatic N) is 3. The van der Waals surface area contributed by atoms with E-state index in [2.05, 4.69) is 15.1 Å². The van der Waals surface area contributed by atoms with Gasteiger partial charge in [-0.25, -0.2) is 9.37 Å². The van der Waals surface area contributed by atoms with Gasteiger partial charge in [0.2, 0.25) is 0 Å². The summed E-state index contributed by atoms with van der Waals surface area (Å²) in [6.07, 6.45) is 3.93. The summed E-state index contributed by atoms with van der Waals surface area (Å²) < 4.78 is 15.9. The molecule has 0 saturated carbocycles. The van der Waals surface area contributed by atoms with Crippen molar-refractivity contribution in [1.82, 2.24) is 19.7 Å². The minimum atomic E-state index is -0.650. The quantitative estimate of drug-likeness (QED) is 0.745. The second kappa shape index (κ2) is 6.98. The SMILES string of the molecule is CCc1ccc(C(CO)n2cc(-c3cc(=O)[nH]c(C)n3)cn2)c(F)c1. The number of aliphatic hydroxyl groups excluding tert-OH is 1. The molecule has 1 aromatic carbocycles. The minimum Gasteiger partial charge on any atom is -0.394 e. The highest BCUT2D eigenvalue weighted by molar-refractivity contribution is 5.56. The van der Waals surface area contributed by atoms with Crippen LogP contribution in [0.25, 0.3) is 11.3 Å². The lowest BCUT2D eigenvalue weighted by Gasteiger charge is -2.16. The van der Waals surface area contributed by atoms with Gasteiger partial charge in [0.05, 0.1) is 18.5 Å². The molecule has 2 aromatic heterocycles. The van der Waals surface area contributed by atoms with E-state index in [9.17, 15) is 14.3 Å². The van der Waals surface area contributed by atoms with Gasteiger partial charge in [-0.15, -0.1) is 0 Å². The molecule has 0 aliphatic carbocycles. The van der Waals surface area contributed by atoms with Gasteiger partial charge in [-0.05, 0) is 25.0 Å². The van der Waals surface area contributed by atoms with Gasteiger partial charge in [-0.1, -0.05) is 19.1 Å². The molecule has 0 fully saturated rings. The van der Waals surface area contributed by atoms with E-state index in [1.807, 2.05) is 13.0 Å². The van der Waals surface area contributed by atoms with Gasteiger partial charge in [0.1, 0.15) is 17.7 Å². The molecule has 2 heterocycles. The smallest absolute Gasteiger partial charge is 0.251 e. The van der Waals surface area contributed by atoms with E-state index in [0.29, 0.717) is 22.6 Å². The number of aromatic nitrogens is 4. The zero-order chi connectivity index (χ0) is 18.0. The van der Waals surface area contributed by atoms with E-state index >= 15 is 0 Å². The highest BCUT2D eigenvalue weighted by Gasteiger charge is 2.19. The standard InChI is InChI=1S/C18H19FN4O2/c1-3-12-4-5-14(15(19)6-12)17(10-24)23-9-13(8-20-23)16-7-18(25)22-11(2)21-16/h4-9,17,24H,3,10H2,1-2H3,(H,21,22,25). The van der Waals surface area contributed by atoms with E-state index in [1.54, 1.807) is 25.4 Å². The molecule has 0 bridgehead atoms. The van der Waals surface area contributed by atoms with Crippen molar-refractivity contribution in [2.24, 2.45) is 0 Å². The molecule has 0 amide bonds. The van der Waals surface area contributed by atoms with Gasteiger partial charge < -0.3 is 10.1 Å². The number of aryl methyl sites for hydroxylation is 2. The van der Waals surface area contributed by atoms with Crippen LogP contribution in [-0.2, 0) is 6.42 Å². The number of benzene rings is 1. The lowest BCUT2D eigenvalue weighted by atomic mass is 10.0. The van der Waals surface area contributed by atoms with Gasteiger partial charge in [0.25, 0.3) is 5.56 Å². The summed E-state index contributed by atoms with van der Waals surface area (Å²) in [5, 5.41) is 14.0. The molecule has 0 spiro atoms. The Balaban J connectivity index is 1.98. The van der Waals surface area contributed by atoms with Crippen molar-refractivity contribution in [2.45, 2.75) is 26.3 Å². The zero-order valence-corrected chi connectivity index (χ0v) is 14.0. The Labute approximate surface area is 144 Å². The van der Waals surface area contributed by atoms with E-state index in [0.717, 1.165) is 12.0 Å². The van der Waals surface area contributed by atoms with E-state index in [-0.39, 0.29) is 18.0 Å².